The molecule has 0 unspecified atom stereocenters. The van der Waals surface area contributed by atoms with Gasteiger partial charge in [-0.1, -0.05) is 19.9 Å². The number of carbonyl (C=O) groups excluding carboxylic acids is 1. The summed E-state index contributed by atoms with van der Waals surface area (Å²) in [5.74, 6) is 0.637. The molecule has 12 heavy (non-hydrogen) atoms. The van der Waals surface area contributed by atoms with Crippen LogP contribution >= 0.6 is 11.8 Å². The molecule has 0 amide bonds. The molecular formula is C9H16O2S. The highest BCUT2D eigenvalue weighted by Crippen LogP contribution is 2.10. The first kappa shape index (κ1) is 11.6. The van der Waals surface area contributed by atoms with Gasteiger partial charge in [-0.3, -0.25) is 0 Å². The Labute approximate surface area is 78.4 Å². The van der Waals surface area contributed by atoms with Crippen molar-refractivity contribution in [2.75, 3.05) is 12.9 Å². The Bertz CT molecular complexity index is 173. The third-order valence-corrected chi connectivity index (χ3v) is 2.35. The smallest absolute Gasteiger partial charge is 0.333 e. The molecule has 0 aliphatic carbocycles. The fourth-order valence-electron chi connectivity index (χ4n) is 0.610. The van der Waals surface area contributed by atoms with E-state index in [1.807, 2.05) is 6.08 Å². The SMILES string of the molecule is COC(=O)C(C)=CCSC(C)C. The summed E-state index contributed by atoms with van der Waals surface area (Å²) in [5.41, 5.74) is 0.686. The number of carbonyl (C=O) groups is 1. The van der Waals surface area contributed by atoms with Crippen LogP contribution in [0.1, 0.15) is 20.8 Å². The molecule has 0 rings (SSSR count). The second-order valence-electron chi connectivity index (χ2n) is 2.76. The van der Waals surface area contributed by atoms with E-state index in [0.29, 0.717) is 10.8 Å². The van der Waals surface area contributed by atoms with Crippen LogP contribution in [0.25, 0.3) is 0 Å². The van der Waals surface area contributed by atoms with E-state index in [1.54, 1.807) is 18.7 Å². The lowest BCUT2D eigenvalue weighted by atomic mass is 10.3. The fraction of sp³-hybridized carbons (Fsp3) is 0.667. The van der Waals surface area contributed by atoms with Crippen LogP contribution in [0.15, 0.2) is 11.6 Å². The summed E-state index contributed by atoms with van der Waals surface area (Å²) < 4.78 is 4.55. The zero-order valence-electron chi connectivity index (χ0n) is 8.09. The van der Waals surface area contributed by atoms with E-state index >= 15 is 0 Å². The minimum Gasteiger partial charge on any atom is -0.466 e. The van der Waals surface area contributed by atoms with Gasteiger partial charge >= 0.3 is 5.97 Å². The van der Waals surface area contributed by atoms with Gasteiger partial charge in [0, 0.05) is 11.3 Å². The lowest BCUT2D eigenvalue weighted by Crippen LogP contribution is -2.02. The van der Waals surface area contributed by atoms with Gasteiger partial charge < -0.3 is 4.74 Å². The van der Waals surface area contributed by atoms with Crippen molar-refractivity contribution in [3.05, 3.63) is 11.6 Å². The molecule has 0 aliphatic heterocycles. The number of thioether (sulfide) groups is 1. The molecule has 0 spiro atoms. The van der Waals surface area contributed by atoms with Crippen LogP contribution < -0.4 is 0 Å². The average molecular weight is 188 g/mol. The number of rotatable bonds is 4. The van der Waals surface area contributed by atoms with E-state index < -0.39 is 0 Å². The molecule has 0 heterocycles. The van der Waals surface area contributed by atoms with Crippen molar-refractivity contribution in [1.29, 1.82) is 0 Å². The van der Waals surface area contributed by atoms with E-state index in [2.05, 4.69) is 18.6 Å². The Morgan fingerprint density at radius 2 is 2.17 bits per heavy atom. The molecule has 3 heteroatoms. The summed E-state index contributed by atoms with van der Waals surface area (Å²) in [7, 11) is 1.40. The quantitative estimate of drug-likeness (QED) is 0.500. The topological polar surface area (TPSA) is 26.3 Å². The van der Waals surface area contributed by atoms with Crippen LogP contribution in [0.3, 0.4) is 0 Å². The van der Waals surface area contributed by atoms with Gasteiger partial charge in [0.2, 0.25) is 0 Å². The first-order chi connectivity index (χ1) is 5.57. The van der Waals surface area contributed by atoms with Gasteiger partial charge in [0.05, 0.1) is 7.11 Å². The van der Waals surface area contributed by atoms with Crippen molar-refractivity contribution in [2.45, 2.75) is 26.0 Å². The number of ether oxygens (including phenoxy) is 1. The first-order valence-corrected chi connectivity index (χ1v) is 4.99. The highest BCUT2D eigenvalue weighted by Gasteiger charge is 2.01. The van der Waals surface area contributed by atoms with Crippen molar-refractivity contribution >= 4 is 17.7 Å². The maximum Gasteiger partial charge on any atom is 0.333 e. The Balaban J connectivity index is 3.76. The molecule has 0 fully saturated rings. The van der Waals surface area contributed by atoms with Crippen molar-refractivity contribution < 1.29 is 9.53 Å². The molecular weight excluding hydrogens is 172 g/mol. The van der Waals surface area contributed by atoms with E-state index in [0.717, 1.165) is 5.75 Å². The van der Waals surface area contributed by atoms with Gasteiger partial charge in [-0.2, -0.15) is 11.8 Å². The molecule has 0 aromatic heterocycles. The van der Waals surface area contributed by atoms with Gasteiger partial charge in [0.1, 0.15) is 0 Å². The van der Waals surface area contributed by atoms with Crippen LogP contribution in [-0.2, 0) is 9.53 Å². The Morgan fingerprint density at radius 1 is 1.58 bits per heavy atom. The third kappa shape index (κ3) is 5.24. The largest absolute Gasteiger partial charge is 0.466 e. The molecule has 0 saturated carbocycles. The van der Waals surface area contributed by atoms with Crippen LogP contribution in [0.5, 0.6) is 0 Å². The third-order valence-electron chi connectivity index (χ3n) is 1.33. The van der Waals surface area contributed by atoms with E-state index in [9.17, 15) is 4.79 Å². The monoisotopic (exact) mass is 188 g/mol. The fourth-order valence-corrected chi connectivity index (χ4v) is 1.34. The Hall–Kier alpha value is -0.440. The highest BCUT2D eigenvalue weighted by molar-refractivity contribution is 8.00. The highest BCUT2D eigenvalue weighted by atomic mass is 32.2. The molecule has 0 bridgehead atoms. The van der Waals surface area contributed by atoms with Gasteiger partial charge in [0.25, 0.3) is 0 Å². The summed E-state index contributed by atoms with van der Waals surface area (Å²) >= 11 is 1.80. The van der Waals surface area contributed by atoms with Crippen LogP contribution in [0.2, 0.25) is 0 Å². The maximum absolute atomic E-state index is 10.9. The Kier molecular flexibility index (Phi) is 5.89. The normalized spacial score (nSPS) is 11.9. The van der Waals surface area contributed by atoms with Crippen molar-refractivity contribution in [3.8, 4) is 0 Å². The van der Waals surface area contributed by atoms with Gasteiger partial charge in [-0.05, 0) is 12.2 Å². The lowest BCUT2D eigenvalue weighted by molar-refractivity contribution is -0.136. The second kappa shape index (κ2) is 6.12. The van der Waals surface area contributed by atoms with E-state index in [1.165, 1.54) is 7.11 Å². The van der Waals surface area contributed by atoms with Crippen LogP contribution in [0.4, 0.5) is 0 Å². The Morgan fingerprint density at radius 3 is 2.58 bits per heavy atom. The predicted molar refractivity (Wildman–Crippen MR) is 53.4 cm³/mol. The van der Waals surface area contributed by atoms with Crippen molar-refractivity contribution in [2.24, 2.45) is 0 Å². The second-order valence-corrected chi connectivity index (χ2v) is 4.37. The zero-order chi connectivity index (χ0) is 9.56. The first-order valence-electron chi connectivity index (χ1n) is 3.94. The number of hydrogen-bond donors (Lipinski definition) is 0. The molecule has 70 valence electrons. The minimum atomic E-state index is -0.237. The van der Waals surface area contributed by atoms with Crippen LogP contribution in [0, 0.1) is 0 Å². The summed E-state index contributed by atoms with van der Waals surface area (Å²) in [4.78, 5) is 10.9. The molecule has 0 atom stereocenters. The number of methoxy groups -OCH3 is 1. The maximum atomic E-state index is 10.9. The summed E-state index contributed by atoms with van der Waals surface area (Å²) in [5, 5.41) is 0.603. The molecule has 0 aliphatic rings. The van der Waals surface area contributed by atoms with Gasteiger partial charge in [-0.15, -0.1) is 0 Å². The molecule has 0 aromatic carbocycles. The molecule has 0 saturated heterocycles. The standard InChI is InChI=1S/C9H16O2S/c1-7(2)12-6-5-8(3)9(10)11-4/h5,7H,6H2,1-4H3. The summed E-state index contributed by atoms with van der Waals surface area (Å²) in [6.07, 6.45) is 1.90. The van der Waals surface area contributed by atoms with Crippen molar-refractivity contribution in [3.63, 3.8) is 0 Å². The van der Waals surface area contributed by atoms with E-state index in [-0.39, 0.29) is 5.97 Å². The summed E-state index contributed by atoms with van der Waals surface area (Å²) in [6, 6.07) is 0. The van der Waals surface area contributed by atoms with Crippen LogP contribution in [-0.4, -0.2) is 24.1 Å². The van der Waals surface area contributed by atoms with E-state index in [4.69, 9.17) is 0 Å². The van der Waals surface area contributed by atoms with Crippen molar-refractivity contribution in [1.82, 2.24) is 0 Å². The molecule has 0 aromatic rings. The average Bonchev–Trinajstić information content (AvgIpc) is 2.02. The molecule has 0 radical (unpaired) electrons. The number of hydrogen-bond acceptors (Lipinski definition) is 3. The number of esters is 1. The zero-order valence-corrected chi connectivity index (χ0v) is 8.90. The predicted octanol–water partition coefficient (Wildman–Crippen LogP) is 2.25. The lowest BCUT2D eigenvalue weighted by Gasteiger charge is -2.01. The van der Waals surface area contributed by atoms with Gasteiger partial charge in [-0.25, -0.2) is 4.79 Å². The summed E-state index contributed by atoms with van der Waals surface area (Å²) in [6.45, 7) is 6.03. The molecule has 0 N–H and O–H groups in total. The molecule has 2 nitrogen and oxygen atoms in total. The van der Waals surface area contributed by atoms with Gasteiger partial charge in [0.15, 0.2) is 0 Å². The minimum absolute atomic E-state index is 0.237.